The summed E-state index contributed by atoms with van der Waals surface area (Å²) in [6, 6.07) is 2.78. The summed E-state index contributed by atoms with van der Waals surface area (Å²) in [6.07, 6.45) is 9.98. The van der Waals surface area contributed by atoms with E-state index in [0.717, 1.165) is 25.8 Å². The van der Waals surface area contributed by atoms with Crippen molar-refractivity contribution in [2.45, 2.75) is 39.2 Å². The molecule has 27 heavy (non-hydrogen) atoms. The van der Waals surface area contributed by atoms with Gasteiger partial charge in [0.2, 0.25) is 0 Å². The van der Waals surface area contributed by atoms with Crippen LogP contribution in [0, 0.1) is 5.82 Å². The topological polar surface area (TPSA) is 66.3 Å². The standard InChI is InChI=1S/C21H26FN3O2/c1-4-5-6-8-25(3)9-7-16-10-19(20(22)11-17(16)14-26)21-23-12-18(13-24-21)15(2)27/h7,9-15,27H,4-6,8H2,1-3H3/b9-7-. The number of rotatable bonds is 9. The maximum absolute atomic E-state index is 14.4. The summed E-state index contributed by atoms with van der Waals surface area (Å²) in [6.45, 7) is 4.68. The van der Waals surface area contributed by atoms with Crippen molar-refractivity contribution in [1.29, 1.82) is 0 Å². The van der Waals surface area contributed by atoms with Crippen molar-refractivity contribution in [3.05, 3.63) is 53.2 Å². The molecule has 1 aromatic carbocycles. The second kappa shape index (κ2) is 9.92. The van der Waals surface area contributed by atoms with Crippen LogP contribution in [0.2, 0.25) is 0 Å². The molecule has 0 spiro atoms. The van der Waals surface area contributed by atoms with Gasteiger partial charge in [-0.1, -0.05) is 19.8 Å². The third-order valence-corrected chi connectivity index (χ3v) is 4.32. The van der Waals surface area contributed by atoms with Crippen LogP contribution < -0.4 is 0 Å². The predicted octanol–water partition coefficient (Wildman–Crippen LogP) is 4.24. The number of carbonyl (C=O) groups excluding carboxylic acids is 1. The van der Waals surface area contributed by atoms with E-state index >= 15 is 0 Å². The Labute approximate surface area is 159 Å². The lowest BCUT2D eigenvalue weighted by Crippen LogP contribution is -2.11. The molecule has 144 valence electrons. The SMILES string of the molecule is CCCCCN(C)/C=C\c1cc(-c2ncc(C(C)O)cn2)c(F)cc1C=O. The van der Waals surface area contributed by atoms with Crippen LogP contribution in [0.15, 0.2) is 30.7 Å². The molecule has 1 aromatic heterocycles. The Bertz CT molecular complexity index is 789. The zero-order valence-electron chi connectivity index (χ0n) is 16.0. The highest BCUT2D eigenvalue weighted by molar-refractivity contribution is 5.83. The Morgan fingerprint density at radius 3 is 2.52 bits per heavy atom. The molecule has 5 nitrogen and oxygen atoms in total. The first-order valence-electron chi connectivity index (χ1n) is 9.13. The number of aldehydes is 1. The highest BCUT2D eigenvalue weighted by atomic mass is 19.1. The summed E-state index contributed by atoms with van der Waals surface area (Å²) in [4.78, 5) is 21.6. The van der Waals surface area contributed by atoms with E-state index in [-0.39, 0.29) is 17.0 Å². The Morgan fingerprint density at radius 2 is 1.93 bits per heavy atom. The van der Waals surface area contributed by atoms with Crippen LogP contribution in [-0.2, 0) is 0 Å². The minimum atomic E-state index is -0.692. The predicted molar refractivity (Wildman–Crippen MR) is 105 cm³/mol. The number of nitrogens with zero attached hydrogens (tertiary/aromatic N) is 3. The van der Waals surface area contributed by atoms with E-state index in [1.165, 1.54) is 18.5 Å². The smallest absolute Gasteiger partial charge is 0.162 e. The van der Waals surface area contributed by atoms with Gasteiger partial charge in [-0.05, 0) is 43.3 Å². The van der Waals surface area contributed by atoms with E-state index < -0.39 is 11.9 Å². The van der Waals surface area contributed by atoms with Crippen molar-refractivity contribution in [2.75, 3.05) is 13.6 Å². The molecule has 0 aliphatic rings. The van der Waals surface area contributed by atoms with Crippen LogP contribution in [0.3, 0.4) is 0 Å². The van der Waals surface area contributed by atoms with Crippen LogP contribution in [0.4, 0.5) is 4.39 Å². The summed E-state index contributed by atoms with van der Waals surface area (Å²) in [5.41, 5.74) is 1.64. The van der Waals surface area contributed by atoms with E-state index in [4.69, 9.17) is 0 Å². The Morgan fingerprint density at radius 1 is 1.22 bits per heavy atom. The van der Waals surface area contributed by atoms with Crippen LogP contribution in [-0.4, -0.2) is 39.9 Å². The maximum atomic E-state index is 14.4. The van der Waals surface area contributed by atoms with Crippen molar-refractivity contribution in [2.24, 2.45) is 0 Å². The number of aromatic nitrogens is 2. The minimum absolute atomic E-state index is 0.209. The summed E-state index contributed by atoms with van der Waals surface area (Å²) in [5.74, 6) is -0.351. The molecule has 2 rings (SSSR count). The average molecular weight is 371 g/mol. The van der Waals surface area contributed by atoms with Crippen LogP contribution in [0.1, 0.15) is 60.7 Å². The molecule has 1 N–H and O–H groups in total. The number of halogens is 1. The lowest BCUT2D eigenvalue weighted by Gasteiger charge is -2.14. The third kappa shape index (κ3) is 5.69. The van der Waals surface area contributed by atoms with E-state index in [2.05, 4.69) is 16.9 Å². The second-order valence-electron chi connectivity index (χ2n) is 6.60. The van der Waals surface area contributed by atoms with Gasteiger partial charge < -0.3 is 10.0 Å². The Hall–Kier alpha value is -2.60. The normalized spacial score (nSPS) is 12.3. The van der Waals surface area contributed by atoms with Crippen LogP contribution in [0.25, 0.3) is 17.5 Å². The fourth-order valence-electron chi connectivity index (χ4n) is 2.61. The second-order valence-corrected chi connectivity index (χ2v) is 6.60. The Balaban J connectivity index is 2.30. The fraction of sp³-hybridized carbons (Fsp3) is 0.381. The van der Waals surface area contributed by atoms with E-state index in [0.29, 0.717) is 17.4 Å². The molecule has 1 heterocycles. The fourth-order valence-corrected chi connectivity index (χ4v) is 2.61. The van der Waals surface area contributed by atoms with Gasteiger partial charge in [0, 0.05) is 37.1 Å². The highest BCUT2D eigenvalue weighted by Crippen LogP contribution is 2.24. The lowest BCUT2D eigenvalue weighted by molar-refractivity contribution is 0.112. The first kappa shape index (κ1) is 20.7. The summed E-state index contributed by atoms with van der Waals surface area (Å²) >= 11 is 0. The largest absolute Gasteiger partial charge is 0.389 e. The number of unbranched alkanes of at least 4 members (excludes halogenated alkanes) is 2. The number of aliphatic hydroxyl groups excluding tert-OH is 1. The monoisotopic (exact) mass is 371 g/mol. The average Bonchev–Trinajstić information content (AvgIpc) is 2.67. The third-order valence-electron chi connectivity index (χ3n) is 4.32. The molecule has 0 bridgehead atoms. The summed E-state index contributed by atoms with van der Waals surface area (Å²) in [5, 5.41) is 9.54. The van der Waals surface area contributed by atoms with E-state index in [1.807, 2.05) is 18.1 Å². The molecule has 6 heteroatoms. The maximum Gasteiger partial charge on any atom is 0.162 e. The molecule has 1 atom stereocenters. The Kier molecular flexibility index (Phi) is 7.61. The zero-order valence-corrected chi connectivity index (χ0v) is 16.0. The molecule has 0 aliphatic carbocycles. The summed E-state index contributed by atoms with van der Waals surface area (Å²) < 4.78 is 14.4. The lowest BCUT2D eigenvalue weighted by atomic mass is 10.0. The molecular formula is C21H26FN3O2. The molecule has 2 aromatic rings. The van der Waals surface area contributed by atoms with Gasteiger partial charge in [0.05, 0.1) is 11.7 Å². The van der Waals surface area contributed by atoms with E-state index in [9.17, 15) is 14.3 Å². The molecule has 0 saturated carbocycles. The van der Waals surface area contributed by atoms with Crippen molar-refractivity contribution < 1.29 is 14.3 Å². The minimum Gasteiger partial charge on any atom is -0.389 e. The molecule has 0 radical (unpaired) electrons. The zero-order chi connectivity index (χ0) is 19.8. The van der Waals surface area contributed by atoms with Gasteiger partial charge in [-0.25, -0.2) is 14.4 Å². The van der Waals surface area contributed by atoms with Gasteiger partial charge in [-0.3, -0.25) is 4.79 Å². The van der Waals surface area contributed by atoms with Crippen LogP contribution in [0.5, 0.6) is 0 Å². The number of aliphatic hydroxyl groups is 1. The number of benzene rings is 1. The molecule has 0 amide bonds. The summed E-state index contributed by atoms with van der Waals surface area (Å²) in [7, 11) is 1.97. The van der Waals surface area contributed by atoms with Gasteiger partial charge in [-0.15, -0.1) is 0 Å². The van der Waals surface area contributed by atoms with Gasteiger partial charge in [0.25, 0.3) is 0 Å². The molecule has 0 aliphatic heterocycles. The van der Waals surface area contributed by atoms with E-state index in [1.54, 1.807) is 19.1 Å². The van der Waals surface area contributed by atoms with Crippen molar-refractivity contribution >= 4 is 12.4 Å². The molecule has 0 fully saturated rings. The van der Waals surface area contributed by atoms with Gasteiger partial charge in [0.1, 0.15) is 5.82 Å². The quantitative estimate of drug-likeness (QED) is 0.527. The van der Waals surface area contributed by atoms with Gasteiger partial charge in [-0.2, -0.15) is 0 Å². The van der Waals surface area contributed by atoms with Gasteiger partial charge in [0.15, 0.2) is 12.1 Å². The molecule has 0 saturated heterocycles. The van der Waals surface area contributed by atoms with Crippen LogP contribution >= 0.6 is 0 Å². The number of carbonyl (C=O) groups is 1. The number of hydrogen-bond donors (Lipinski definition) is 1. The molecule has 1 unspecified atom stereocenters. The van der Waals surface area contributed by atoms with Crippen molar-refractivity contribution in [1.82, 2.24) is 14.9 Å². The van der Waals surface area contributed by atoms with Gasteiger partial charge >= 0.3 is 0 Å². The number of hydrogen-bond acceptors (Lipinski definition) is 5. The van der Waals surface area contributed by atoms with Crippen molar-refractivity contribution in [3.63, 3.8) is 0 Å². The van der Waals surface area contributed by atoms with Crippen molar-refractivity contribution in [3.8, 4) is 11.4 Å². The first-order valence-corrected chi connectivity index (χ1v) is 9.13. The highest BCUT2D eigenvalue weighted by Gasteiger charge is 2.13. The first-order chi connectivity index (χ1) is 13.0. The molecular weight excluding hydrogens is 345 g/mol.